The van der Waals surface area contributed by atoms with Gasteiger partial charge in [0.05, 0.1) is 0 Å². The van der Waals surface area contributed by atoms with Gasteiger partial charge in [-0.2, -0.15) is 0 Å². The molecule has 0 aromatic heterocycles. The second kappa shape index (κ2) is 7.00. The van der Waals surface area contributed by atoms with Crippen molar-refractivity contribution >= 4 is 15.7 Å². The Bertz CT molecular complexity index is 217. The molecule has 0 saturated carbocycles. The Labute approximate surface area is 105 Å². The molecule has 0 aliphatic rings. The van der Waals surface area contributed by atoms with Gasteiger partial charge in [-0.25, -0.2) is 0 Å². The van der Waals surface area contributed by atoms with Gasteiger partial charge in [-0.1, -0.05) is 0 Å². The van der Waals surface area contributed by atoms with Crippen LogP contribution >= 0.6 is 0 Å². The summed E-state index contributed by atoms with van der Waals surface area (Å²) < 4.78 is 117. The summed E-state index contributed by atoms with van der Waals surface area (Å²) in [6, 6.07) is 0. The predicted molar refractivity (Wildman–Crippen MR) is 41.8 cm³/mol. The van der Waals surface area contributed by atoms with Crippen molar-refractivity contribution in [3.63, 3.8) is 0 Å². The van der Waals surface area contributed by atoms with Crippen molar-refractivity contribution in [3.05, 3.63) is 0 Å². The van der Waals surface area contributed by atoms with Gasteiger partial charge in [0.2, 0.25) is 0 Å². The van der Waals surface area contributed by atoms with Gasteiger partial charge in [0.1, 0.15) is 0 Å². The van der Waals surface area contributed by atoms with Crippen LogP contribution in [0.4, 0.5) is 39.5 Å². The zero-order valence-electron chi connectivity index (χ0n) is 8.69. The van der Waals surface area contributed by atoms with E-state index < -0.39 is 54.0 Å². The molecule has 0 heterocycles. The van der Waals surface area contributed by atoms with Gasteiger partial charge in [-0.3, -0.25) is 0 Å². The summed E-state index contributed by atoms with van der Waals surface area (Å²) in [5, 5.41) is 0. The fourth-order valence-corrected chi connectivity index (χ4v) is 2.54. The number of hydrogen-bond acceptors (Lipinski definition) is 3. The molecule has 0 N–H and O–H groups in total. The SMILES string of the molecule is FC(F)(F)CO[As](OCC(F)(F)F)OCC(F)(F)F. The van der Waals surface area contributed by atoms with Crippen molar-refractivity contribution in [1.82, 2.24) is 0 Å². The molecule has 0 aliphatic carbocycles. The van der Waals surface area contributed by atoms with Gasteiger partial charge in [0.25, 0.3) is 0 Å². The first kappa shape index (κ1) is 18.8. The van der Waals surface area contributed by atoms with E-state index in [4.69, 9.17) is 0 Å². The third-order valence-electron chi connectivity index (χ3n) is 1.00. The van der Waals surface area contributed by atoms with Crippen LogP contribution in [0, 0.1) is 0 Å². The fourth-order valence-electron chi connectivity index (χ4n) is 0.489. The normalized spacial score (nSPS) is 14.2. The number of hydrogen-bond donors (Lipinski definition) is 0. The molecule has 19 heavy (non-hydrogen) atoms. The monoisotopic (exact) mass is 372 g/mol. The predicted octanol–water partition coefficient (Wildman–Crippen LogP) is 2.71. The number of halogens is 9. The summed E-state index contributed by atoms with van der Waals surface area (Å²) in [7, 11) is 0. The van der Waals surface area contributed by atoms with Crippen molar-refractivity contribution in [2.45, 2.75) is 18.5 Å². The number of alkyl halides is 9. The molecular formula is C6H6AsF9O3. The van der Waals surface area contributed by atoms with Crippen LogP contribution in [-0.4, -0.2) is 54.0 Å². The topological polar surface area (TPSA) is 27.7 Å². The number of rotatable bonds is 6. The minimum atomic E-state index is -4.92. The zero-order valence-corrected chi connectivity index (χ0v) is 10.6. The molecule has 0 spiro atoms. The van der Waals surface area contributed by atoms with E-state index in [9.17, 15) is 39.5 Å². The van der Waals surface area contributed by atoms with E-state index in [0.29, 0.717) is 0 Å². The molecule has 13 heteroatoms. The molecule has 116 valence electrons. The van der Waals surface area contributed by atoms with Crippen molar-refractivity contribution in [1.29, 1.82) is 0 Å². The van der Waals surface area contributed by atoms with E-state index in [2.05, 4.69) is 11.2 Å². The Morgan fingerprint density at radius 3 is 0.895 bits per heavy atom. The summed E-state index contributed by atoms with van der Waals surface area (Å²) >= 11 is -4.27. The molecule has 0 unspecified atom stereocenters. The molecule has 0 rings (SSSR count). The van der Waals surface area contributed by atoms with Crippen molar-refractivity contribution in [2.24, 2.45) is 0 Å². The zero-order chi connectivity index (χ0) is 15.3. The molecule has 0 aromatic rings. The van der Waals surface area contributed by atoms with Crippen LogP contribution in [-0.2, 0) is 11.2 Å². The van der Waals surface area contributed by atoms with Gasteiger partial charge < -0.3 is 0 Å². The second-order valence-corrected chi connectivity index (χ2v) is 5.45. The maximum absolute atomic E-state index is 11.7. The van der Waals surface area contributed by atoms with Gasteiger partial charge in [0.15, 0.2) is 0 Å². The van der Waals surface area contributed by atoms with Crippen molar-refractivity contribution in [3.8, 4) is 0 Å². The average Bonchev–Trinajstić information content (AvgIpc) is 2.11. The first-order valence-corrected chi connectivity index (χ1v) is 6.47. The van der Waals surface area contributed by atoms with Crippen LogP contribution in [0.1, 0.15) is 0 Å². The van der Waals surface area contributed by atoms with E-state index >= 15 is 0 Å². The Balaban J connectivity index is 4.30. The molecule has 0 fully saturated rings. The molecule has 0 amide bonds. The van der Waals surface area contributed by atoms with E-state index in [1.807, 2.05) is 0 Å². The van der Waals surface area contributed by atoms with Crippen LogP contribution in [0.25, 0.3) is 0 Å². The molecule has 0 aliphatic heterocycles. The standard InChI is InChI=1S/C6H6AsF9O3/c8-4(9,10)1-17-7(18-2-5(11,12)13)19-3-6(14,15)16/h1-3H2. The third-order valence-corrected chi connectivity index (χ3v) is 3.14. The van der Waals surface area contributed by atoms with E-state index in [-0.39, 0.29) is 0 Å². The Kier molecular flexibility index (Phi) is 6.93. The first-order chi connectivity index (χ1) is 8.29. The van der Waals surface area contributed by atoms with Crippen LogP contribution in [0.15, 0.2) is 0 Å². The summed E-state index contributed by atoms with van der Waals surface area (Å²) in [6.45, 7) is -6.16. The molecule has 0 saturated heterocycles. The van der Waals surface area contributed by atoms with Crippen molar-refractivity contribution in [2.75, 3.05) is 19.8 Å². The van der Waals surface area contributed by atoms with E-state index in [1.165, 1.54) is 0 Å². The Morgan fingerprint density at radius 2 is 0.737 bits per heavy atom. The quantitative estimate of drug-likeness (QED) is 0.530. The second-order valence-electron chi connectivity index (χ2n) is 2.89. The minimum absolute atomic E-state index is 2.05. The molecule has 0 aromatic carbocycles. The van der Waals surface area contributed by atoms with Gasteiger partial charge in [-0.15, -0.1) is 0 Å². The van der Waals surface area contributed by atoms with Gasteiger partial charge in [-0.05, 0) is 0 Å². The Hall–Kier alpha value is -0.192. The Morgan fingerprint density at radius 1 is 0.526 bits per heavy atom. The molecule has 0 atom stereocenters. The van der Waals surface area contributed by atoms with Crippen LogP contribution < -0.4 is 0 Å². The maximum atomic E-state index is 11.7. The first-order valence-electron chi connectivity index (χ1n) is 4.18. The summed E-state index contributed by atoms with van der Waals surface area (Å²) in [6.07, 6.45) is -14.8. The molecule has 0 radical (unpaired) electrons. The van der Waals surface area contributed by atoms with Crippen LogP contribution in [0.5, 0.6) is 0 Å². The fraction of sp³-hybridized carbons (Fsp3) is 1.00. The molecule has 0 bridgehead atoms. The summed E-state index contributed by atoms with van der Waals surface area (Å²) in [4.78, 5) is 0. The van der Waals surface area contributed by atoms with E-state index in [0.717, 1.165) is 0 Å². The van der Waals surface area contributed by atoms with Crippen LogP contribution in [0.3, 0.4) is 0 Å². The molecule has 3 nitrogen and oxygen atoms in total. The summed E-state index contributed by atoms with van der Waals surface area (Å²) in [5.41, 5.74) is 0. The van der Waals surface area contributed by atoms with E-state index in [1.54, 1.807) is 0 Å². The van der Waals surface area contributed by atoms with Gasteiger partial charge in [0, 0.05) is 0 Å². The molecular weight excluding hydrogens is 366 g/mol. The van der Waals surface area contributed by atoms with Gasteiger partial charge >= 0.3 is 105 Å². The third kappa shape index (κ3) is 14.0. The van der Waals surface area contributed by atoms with Crippen LogP contribution in [0.2, 0.25) is 0 Å². The summed E-state index contributed by atoms with van der Waals surface area (Å²) in [5.74, 6) is 0. The average molecular weight is 372 g/mol. The van der Waals surface area contributed by atoms with Crippen molar-refractivity contribution < 1.29 is 50.7 Å².